The van der Waals surface area contributed by atoms with Gasteiger partial charge in [0, 0.05) is 50.3 Å². The number of aromatic nitrogens is 4. The van der Waals surface area contributed by atoms with Gasteiger partial charge in [0.25, 0.3) is 0 Å². The van der Waals surface area contributed by atoms with Crippen molar-refractivity contribution in [1.29, 1.82) is 0 Å². The number of thioether (sulfide) groups is 1. The summed E-state index contributed by atoms with van der Waals surface area (Å²) in [5.41, 5.74) is 6.73. The van der Waals surface area contributed by atoms with Crippen molar-refractivity contribution in [2.45, 2.75) is 43.4 Å². The summed E-state index contributed by atoms with van der Waals surface area (Å²) in [6.07, 6.45) is 2.65. The summed E-state index contributed by atoms with van der Waals surface area (Å²) in [7, 11) is 1.81. The number of piperidine rings is 1. The molecule has 2 saturated heterocycles. The lowest BCUT2D eigenvalue weighted by Gasteiger charge is -2.36. The Bertz CT molecular complexity index is 516. The second kappa shape index (κ2) is 6.93. The van der Waals surface area contributed by atoms with E-state index in [1.807, 2.05) is 4.90 Å². The zero-order valence-corrected chi connectivity index (χ0v) is 13.8. The Labute approximate surface area is 134 Å². The Morgan fingerprint density at radius 2 is 2.32 bits per heavy atom. The molecule has 0 aliphatic carbocycles. The Hall–Kier alpha value is -1.19. The fraction of sp³-hybridized carbons (Fsp3) is 0.846. The second-order valence-corrected chi connectivity index (χ2v) is 6.95. The molecule has 3 rings (SSSR count). The van der Waals surface area contributed by atoms with Crippen molar-refractivity contribution in [3.63, 3.8) is 0 Å². The van der Waals surface area contributed by atoms with Crippen LogP contribution in [0.15, 0.2) is 5.16 Å². The number of fused-ring (bicyclic) bond motifs is 1. The highest BCUT2D eigenvalue weighted by molar-refractivity contribution is 7.99. The van der Waals surface area contributed by atoms with Gasteiger partial charge in [-0.05, 0) is 23.3 Å². The largest absolute Gasteiger partial charge is 0.342 e. The maximum absolute atomic E-state index is 12.4. The molecule has 2 fully saturated rings. The molecule has 3 unspecified atom stereocenters. The Balaban J connectivity index is 1.47. The Kier molecular flexibility index (Phi) is 4.94. The molecule has 3 atom stereocenters. The van der Waals surface area contributed by atoms with Crippen LogP contribution in [0, 0.1) is 5.92 Å². The highest BCUT2D eigenvalue weighted by atomic mass is 32.2. The highest BCUT2D eigenvalue weighted by Crippen LogP contribution is 2.26. The standard InChI is InChI=1S/C13H23N7OS/c1-3-10-9-8-20(6-4-11(9)15-14-10)12(21)5-7-22-13-16-17-18-19(13)2/h9-11,14-15H,3-8H2,1-2H3. The molecule has 0 aromatic carbocycles. The number of rotatable bonds is 5. The van der Waals surface area contributed by atoms with E-state index in [0.717, 1.165) is 31.1 Å². The molecule has 2 aliphatic heterocycles. The van der Waals surface area contributed by atoms with Crippen LogP contribution in [-0.4, -0.2) is 61.9 Å². The molecule has 1 aromatic heterocycles. The predicted molar refractivity (Wildman–Crippen MR) is 83.0 cm³/mol. The number of nitrogens with one attached hydrogen (secondary N) is 2. The molecule has 2 aliphatic rings. The van der Waals surface area contributed by atoms with Gasteiger partial charge in [0.2, 0.25) is 11.1 Å². The fourth-order valence-electron chi connectivity index (χ4n) is 3.25. The number of aryl methyl sites for hydroxylation is 1. The number of hydrogen-bond donors (Lipinski definition) is 2. The van der Waals surface area contributed by atoms with Crippen molar-refractivity contribution in [3.05, 3.63) is 0 Å². The van der Waals surface area contributed by atoms with Crippen LogP contribution in [0.2, 0.25) is 0 Å². The quantitative estimate of drug-likeness (QED) is 0.725. The van der Waals surface area contributed by atoms with Crippen LogP contribution in [0.5, 0.6) is 0 Å². The van der Waals surface area contributed by atoms with Crippen molar-refractivity contribution < 1.29 is 4.79 Å². The smallest absolute Gasteiger partial charge is 0.223 e. The molecule has 122 valence electrons. The van der Waals surface area contributed by atoms with Gasteiger partial charge in [-0.25, -0.2) is 4.68 Å². The van der Waals surface area contributed by atoms with E-state index in [4.69, 9.17) is 0 Å². The third-order valence-electron chi connectivity index (χ3n) is 4.55. The first-order valence-electron chi connectivity index (χ1n) is 7.83. The third kappa shape index (κ3) is 3.26. The summed E-state index contributed by atoms with van der Waals surface area (Å²) in [6, 6.07) is 0.979. The number of amides is 1. The molecule has 0 radical (unpaired) electrons. The van der Waals surface area contributed by atoms with E-state index in [1.165, 1.54) is 11.8 Å². The fourth-order valence-corrected chi connectivity index (χ4v) is 4.03. The van der Waals surface area contributed by atoms with Crippen molar-refractivity contribution in [3.8, 4) is 0 Å². The van der Waals surface area contributed by atoms with Gasteiger partial charge in [-0.1, -0.05) is 18.7 Å². The van der Waals surface area contributed by atoms with Gasteiger partial charge in [-0.3, -0.25) is 15.6 Å². The van der Waals surface area contributed by atoms with Gasteiger partial charge in [0.05, 0.1) is 0 Å². The molecule has 22 heavy (non-hydrogen) atoms. The van der Waals surface area contributed by atoms with E-state index < -0.39 is 0 Å². The van der Waals surface area contributed by atoms with E-state index in [0.29, 0.717) is 30.2 Å². The molecule has 0 spiro atoms. The van der Waals surface area contributed by atoms with E-state index >= 15 is 0 Å². The molecule has 9 heteroatoms. The Morgan fingerprint density at radius 3 is 3.05 bits per heavy atom. The van der Waals surface area contributed by atoms with Crippen molar-refractivity contribution in [2.75, 3.05) is 18.8 Å². The van der Waals surface area contributed by atoms with Crippen molar-refractivity contribution >= 4 is 17.7 Å². The maximum atomic E-state index is 12.4. The maximum Gasteiger partial charge on any atom is 0.223 e. The van der Waals surface area contributed by atoms with Crippen LogP contribution < -0.4 is 10.9 Å². The highest BCUT2D eigenvalue weighted by Gasteiger charge is 2.39. The molecule has 2 N–H and O–H groups in total. The number of carbonyl (C=O) groups is 1. The number of nitrogens with zero attached hydrogens (tertiary/aromatic N) is 5. The van der Waals surface area contributed by atoms with Crippen LogP contribution >= 0.6 is 11.8 Å². The minimum absolute atomic E-state index is 0.239. The molecule has 3 heterocycles. The van der Waals surface area contributed by atoms with Gasteiger partial charge in [-0.2, -0.15) is 0 Å². The second-order valence-electron chi connectivity index (χ2n) is 5.89. The average Bonchev–Trinajstić information content (AvgIpc) is 3.12. The average molecular weight is 325 g/mol. The summed E-state index contributed by atoms with van der Waals surface area (Å²) >= 11 is 1.53. The van der Waals surface area contributed by atoms with E-state index in [9.17, 15) is 4.79 Å². The monoisotopic (exact) mass is 325 g/mol. The predicted octanol–water partition coefficient (Wildman–Crippen LogP) is -0.204. The minimum Gasteiger partial charge on any atom is -0.342 e. The molecule has 0 saturated carbocycles. The van der Waals surface area contributed by atoms with Crippen molar-refractivity contribution in [1.82, 2.24) is 36.0 Å². The first-order chi connectivity index (χ1) is 10.7. The third-order valence-corrected chi connectivity index (χ3v) is 5.56. The number of likely N-dealkylation sites (tertiary alicyclic amines) is 1. The van der Waals surface area contributed by atoms with Crippen LogP contribution in [0.3, 0.4) is 0 Å². The zero-order valence-electron chi connectivity index (χ0n) is 13.0. The molecule has 1 amide bonds. The van der Waals surface area contributed by atoms with E-state index in [-0.39, 0.29) is 5.91 Å². The van der Waals surface area contributed by atoms with E-state index in [1.54, 1.807) is 11.7 Å². The van der Waals surface area contributed by atoms with Crippen LogP contribution in [0.1, 0.15) is 26.2 Å². The lowest BCUT2D eigenvalue weighted by molar-refractivity contribution is -0.132. The topological polar surface area (TPSA) is 88.0 Å². The van der Waals surface area contributed by atoms with Crippen molar-refractivity contribution in [2.24, 2.45) is 13.0 Å². The molecular formula is C13H23N7OS. The van der Waals surface area contributed by atoms with Gasteiger partial charge in [0.15, 0.2) is 0 Å². The lowest BCUT2D eigenvalue weighted by Crippen LogP contribution is -2.48. The summed E-state index contributed by atoms with van der Waals surface area (Å²) in [5.74, 6) is 1.48. The normalized spacial score (nSPS) is 27.9. The first-order valence-corrected chi connectivity index (χ1v) is 8.81. The molecular weight excluding hydrogens is 302 g/mol. The number of tetrazole rings is 1. The van der Waals surface area contributed by atoms with Crippen LogP contribution in [-0.2, 0) is 11.8 Å². The summed E-state index contributed by atoms with van der Waals surface area (Å²) in [5, 5.41) is 12.0. The number of hydrogen-bond acceptors (Lipinski definition) is 7. The van der Waals surface area contributed by atoms with Gasteiger partial charge in [0.1, 0.15) is 0 Å². The van der Waals surface area contributed by atoms with E-state index in [2.05, 4.69) is 33.3 Å². The SMILES string of the molecule is CCC1NNC2CCN(C(=O)CCSc3nnnn3C)CC12. The first kappa shape index (κ1) is 15.7. The Morgan fingerprint density at radius 1 is 1.45 bits per heavy atom. The molecule has 8 nitrogen and oxygen atoms in total. The van der Waals surface area contributed by atoms with Crippen LogP contribution in [0.4, 0.5) is 0 Å². The van der Waals surface area contributed by atoms with Gasteiger partial charge < -0.3 is 4.90 Å². The van der Waals surface area contributed by atoms with Gasteiger partial charge in [-0.15, -0.1) is 5.10 Å². The lowest BCUT2D eigenvalue weighted by atomic mass is 9.87. The summed E-state index contributed by atoms with van der Waals surface area (Å²) in [4.78, 5) is 14.4. The summed E-state index contributed by atoms with van der Waals surface area (Å²) in [6.45, 7) is 3.90. The minimum atomic E-state index is 0.239. The van der Waals surface area contributed by atoms with Gasteiger partial charge >= 0.3 is 0 Å². The summed E-state index contributed by atoms with van der Waals surface area (Å²) < 4.78 is 1.63. The zero-order chi connectivity index (χ0) is 15.5. The number of carbonyl (C=O) groups excluding carboxylic acids is 1. The molecule has 0 bridgehead atoms. The molecule has 1 aromatic rings. The number of hydrazine groups is 1. The van der Waals surface area contributed by atoms with Crippen LogP contribution in [0.25, 0.3) is 0 Å².